The molecule has 0 saturated carbocycles. The lowest BCUT2D eigenvalue weighted by Gasteiger charge is -2.39. The number of carboxylic acid groups (broad SMARTS) is 1. The minimum absolute atomic E-state index is 0.0136. The minimum atomic E-state index is -0.746. The lowest BCUT2D eigenvalue weighted by molar-refractivity contribution is -0.141. The van der Waals surface area contributed by atoms with Gasteiger partial charge in [0.1, 0.15) is 17.4 Å². The third-order valence-electron chi connectivity index (χ3n) is 6.28. The van der Waals surface area contributed by atoms with Crippen molar-refractivity contribution in [2.24, 2.45) is 5.41 Å². The molecule has 2 saturated heterocycles. The number of likely N-dealkylation sites (tertiary alicyclic amines) is 2. The van der Waals surface area contributed by atoms with Crippen molar-refractivity contribution in [1.82, 2.24) is 19.2 Å². The maximum atomic E-state index is 13.2. The molecule has 0 unspecified atom stereocenters. The molecule has 4 heterocycles. The van der Waals surface area contributed by atoms with Crippen molar-refractivity contribution < 1.29 is 14.7 Å². The molecule has 1 atom stereocenters. The molecule has 2 aromatic rings. The van der Waals surface area contributed by atoms with E-state index in [0.29, 0.717) is 25.2 Å². The van der Waals surface area contributed by atoms with Crippen LogP contribution in [0.2, 0.25) is 0 Å². The van der Waals surface area contributed by atoms with Crippen molar-refractivity contribution >= 4 is 17.5 Å². The van der Waals surface area contributed by atoms with Crippen LogP contribution in [0.4, 0.5) is 0 Å². The molecule has 0 bridgehead atoms. The topological polar surface area (TPSA) is 78.1 Å². The second kappa shape index (κ2) is 6.34. The van der Waals surface area contributed by atoms with Crippen molar-refractivity contribution in [2.45, 2.75) is 39.2 Å². The number of hydrogen-bond acceptors (Lipinski definition) is 4. The molecule has 2 fully saturated rings. The molecule has 7 heteroatoms. The Kier molecular flexibility index (Phi) is 4.22. The van der Waals surface area contributed by atoms with Crippen LogP contribution in [0, 0.1) is 19.3 Å². The molecule has 0 aromatic carbocycles. The number of fused-ring (bicyclic) bond motifs is 1. The van der Waals surface area contributed by atoms with Gasteiger partial charge in [0.2, 0.25) is 0 Å². The van der Waals surface area contributed by atoms with Crippen LogP contribution in [0.5, 0.6) is 0 Å². The molecule has 0 aliphatic carbocycles. The highest BCUT2D eigenvalue weighted by atomic mass is 16.4. The molecule has 2 aromatic heterocycles. The summed E-state index contributed by atoms with van der Waals surface area (Å²) in [6.45, 7) is 6.00. The summed E-state index contributed by atoms with van der Waals surface area (Å²) in [4.78, 5) is 33.0. The smallest absolute Gasteiger partial charge is 0.320 e. The molecule has 1 N–H and O–H groups in total. The summed E-state index contributed by atoms with van der Waals surface area (Å²) in [6.07, 6.45) is 4.33. The van der Waals surface area contributed by atoms with Gasteiger partial charge in [-0.1, -0.05) is 6.07 Å². The van der Waals surface area contributed by atoms with E-state index in [2.05, 4.69) is 4.98 Å². The summed E-state index contributed by atoms with van der Waals surface area (Å²) in [6, 6.07) is 3.53. The zero-order valence-corrected chi connectivity index (χ0v) is 16.1. The van der Waals surface area contributed by atoms with E-state index in [-0.39, 0.29) is 11.3 Å². The van der Waals surface area contributed by atoms with E-state index in [0.717, 1.165) is 36.3 Å². The van der Waals surface area contributed by atoms with E-state index < -0.39 is 12.0 Å². The first-order valence-electron chi connectivity index (χ1n) is 9.47. The number of nitrogens with zero attached hydrogens (tertiary/aromatic N) is 4. The maximum absolute atomic E-state index is 13.2. The number of aryl methyl sites for hydroxylation is 2. The molecule has 4 rings (SSSR count). The lowest BCUT2D eigenvalue weighted by atomic mass is 9.76. The van der Waals surface area contributed by atoms with Gasteiger partial charge in [-0.3, -0.25) is 18.9 Å². The number of amides is 1. The molecular formula is C20H26N4O3. The number of aliphatic carboxylic acids is 1. The van der Waals surface area contributed by atoms with Crippen molar-refractivity contribution in [2.75, 3.05) is 26.7 Å². The second-order valence-corrected chi connectivity index (χ2v) is 8.25. The average molecular weight is 370 g/mol. The van der Waals surface area contributed by atoms with Gasteiger partial charge >= 0.3 is 5.97 Å². The number of imidazole rings is 1. The summed E-state index contributed by atoms with van der Waals surface area (Å²) < 4.78 is 1.89. The Balaban J connectivity index is 1.52. The summed E-state index contributed by atoms with van der Waals surface area (Å²) in [5.74, 6) is -0.730. The summed E-state index contributed by atoms with van der Waals surface area (Å²) in [5, 5.41) is 9.40. The number of carbonyl (C=O) groups excluding carboxylic acids is 1. The first-order chi connectivity index (χ1) is 12.8. The average Bonchev–Trinajstić information content (AvgIpc) is 3.11. The van der Waals surface area contributed by atoms with Crippen molar-refractivity contribution in [3.63, 3.8) is 0 Å². The molecule has 27 heavy (non-hydrogen) atoms. The van der Waals surface area contributed by atoms with Crippen LogP contribution >= 0.6 is 0 Å². The molecule has 2 aliphatic rings. The molecule has 2 aliphatic heterocycles. The Morgan fingerprint density at radius 2 is 1.93 bits per heavy atom. The van der Waals surface area contributed by atoms with Crippen LogP contribution in [0.15, 0.2) is 18.3 Å². The summed E-state index contributed by atoms with van der Waals surface area (Å²) >= 11 is 0. The number of hydrogen-bond donors (Lipinski definition) is 1. The predicted octanol–water partition coefficient (Wildman–Crippen LogP) is 1.96. The fourth-order valence-corrected chi connectivity index (χ4v) is 4.77. The third kappa shape index (κ3) is 3.00. The van der Waals surface area contributed by atoms with Gasteiger partial charge in [-0.05, 0) is 57.2 Å². The highest BCUT2D eigenvalue weighted by molar-refractivity contribution is 5.94. The number of rotatable bonds is 2. The predicted molar refractivity (Wildman–Crippen MR) is 101 cm³/mol. The molecule has 0 radical (unpaired) electrons. The number of likely N-dealkylation sites (N-methyl/N-ethyl adjacent to an activating group) is 1. The monoisotopic (exact) mass is 370 g/mol. The zero-order chi connectivity index (χ0) is 19.3. The molecular weight excluding hydrogens is 344 g/mol. The Morgan fingerprint density at radius 3 is 2.56 bits per heavy atom. The van der Waals surface area contributed by atoms with E-state index in [1.165, 1.54) is 0 Å². The van der Waals surface area contributed by atoms with E-state index >= 15 is 0 Å². The Morgan fingerprint density at radius 1 is 1.22 bits per heavy atom. The van der Waals surface area contributed by atoms with E-state index in [1.54, 1.807) is 0 Å². The van der Waals surface area contributed by atoms with Gasteiger partial charge in [-0.2, -0.15) is 0 Å². The standard InChI is InChI=1S/C20H26N4O3/c1-13-4-5-16-21-14(2)17(24(16)11-13)18(25)23-8-6-20(7-9-23)10-15(19(26)27)22(3)12-20/h4-5,11,15H,6-10,12H2,1-3H3,(H,26,27)/t15-/m0/s1. The van der Waals surface area contributed by atoms with E-state index in [9.17, 15) is 14.7 Å². The van der Waals surface area contributed by atoms with Crippen molar-refractivity contribution in [1.29, 1.82) is 0 Å². The molecule has 1 amide bonds. The SMILES string of the molecule is Cc1ccc2nc(C)c(C(=O)N3CCC4(CC3)C[C@@H](C(=O)O)N(C)C4)n2c1. The van der Waals surface area contributed by atoms with Gasteiger partial charge in [0.15, 0.2) is 0 Å². The van der Waals surface area contributed by atoms with Gasteiger partial charge in [0.25, 0.3) is 5.91 Å². The first-order valence-corrected chi connectivity index (χ1v) is 9.47. The first kappa shape index (κ1) is 18.0. The van der Waals surface area contributed by atoms with Crippen LogP contribution in [-0.4, -0.2) is 68.9 Å². The molecule has 144 valence electrons. The van der Waals surface area contributed by atoms with Gasteiger partial charge in [0, 0.05) is 25.8 Å². The summed E-state index contributed by atoms with van der Waals surface area (Å²) in [5.41, 5.74) is 3.27. The molecule has 7 nitrogen and oxygen atoms in total. The molecule has 1 spiro atoms. The highest BCUT2D eigenvalue weighted by Crippen LogP contribution is 2.43. The fourth-order valence-electron chi connectivity index (χ4n) is 4.77. The van der Waals surface area contributed by atoms with E-state index in [1.807, 2.05) is 53.4 Å². The number of aromatic nitrogens is 2. The van der Waals surface area contributed by atoms with Crippen LogP contribution in [-0.2, 0) is 4.79 Å². The zero-order valence-electron chi connectivity index (χ0n) is 16.1. The normalized spacial score (nSPS) is 22.6. The lowest BCUT2D eigenvalue weighted by Crippen LogP contribution is -2.44. The number of piperidine rings is 1. The van der Waals surface area contributed by atoms with Gasteiger partial charge < -0.3 is 10.0 Å². The van der Waals surface area contributed by atoms with Crippen LogP contribution in [0.3, 0.4) is 0 Å². The Hall–Kier alpha value is -2.41. The van der Waals surface area contributed by atoms with Crippen molar-refractivity contribution in [3.8, 4) is 0 Å². The highest BCUT2D eigenvalue weighted by Gasteiger charge is 2.47. The van der Waals surface area contributed by atoms with Crippen molar-refractivity contribution in [3.05, 3.63) is 35.3 Å². The largest absolute Gasteiger partial charge is 0.480 e. The van der Waals surface area contributed by atoms with Crippen LogP contribution < -0.4 is 0 Å². The Labute approximate surface area is 158 Å². The fraction of sp³-hybridized carbons (Fsp3) is 0.550. The Bertz CT molecular complexity index is 911. The van der Waals surface area contributed by atoms with E-state index in [4.69, 9.17) is 0 Å². The summed E-state index contributed by atoms with van der Waals surface area (Å²) in [7, 11) is 1.88. The quantitative estimate of drug-likeness (QED) is 0.874. The second-order valence-electron chi connectivity index (χ2n) is 8.25. The number of pyridine rings is 1. The number of carboxylic acids is 1. The van der Waals surface area contributed by atoms with Crippen LogP contribution in [0.1, 0.15) is 41.0 Å². The number of carbonyl (C=O) groups is 2. The minimum Gasteiger partial charge on any atom is -0.480 e. The third-order valence-corrected chi connectivity index (χ3v) is 6.28. The van der Waals surface area contributed by atoms with Gasteiger partial charge in [-0.15, -0.1) is 0 Å². The van der Waals surface area contributed by atoms with Gasteiger partial charge in [-0.25, -0.2) is 4.98 Å². The van der Waals surface area contributed by atoms with Gasteiger partial charge in [0.05, 0.1) is 5.69 Å². The van der Waals surface area contributed by atoms with Crippen LogP contribution in [0.25, 0.3) is 5.65 Å². The maximum Gasteiger partial charge on any atom is 0.320 e.